The molecule has 72 valence electrons. The zero-order chi connectivity index (χ0) is 9.26. The first-order valence-corrected chi connectivity index (χ1v) is 5.40. The molecule has 2 heteroatoms. The van der Waals surface area contributed by atoms with Gasteiger partial charge in [-0.2, -0.15) is 0 Å². The molecule has 0 amide bonds. The highest BCUT2D eigenvalue weighted by molar-refractivity contribution is 5.34. The Kier molecular flexibility index (Phi) is 2.50. The average Bonchev–Trinajstić information content (AvgIpc) is 2.51. The summed E-state index contributed by atoms with van der Waals surface area (Å²) < 4.78 is 0. The number of hydrogen-bond donors (Lipinski definition) is 0. The van der Waals surface area contributed by atoms with E-state index >= 15 is 0 Å². The summed E-state index contributed by atoms with van der Waals surface area (Å²) in [6.45, 7) is 2.31. The summed E-state index contributed by atoms with van der Waals surface area (Å²) in [6.07, 6.45) is 8.20. The van der Waals surface area contributed by atoms with E-state index in [1.807, 2.05) is 0 Å². The van der Waals surface area contributed by atoms with Crippen LogP contribution in [0.5, 0.6) is 0 Å². The minimum absolute atomic E-state index is 0.304. The third-order valence-electron chi connectivity index (χ3n) is 3.93. The maximum absolute atomic E-state index is 10.3. The molecule has 2 rings (SSSR count). The fourth-order valence-electron chi connectivity index (χ4n) is 3.38. The van der Waals surface area contributed by atoms with Crippen LogP contribution in [0.15, 0.2) is 4.99 Å². The van der Waals surface area contributed by atoms with Crippen molar-refractivity contribution in [3.05, 3.63) is 0 Å². The maximum Gasteiger partial charge on any atom is 0.235 e. The number of rotatable bonds is 1. The summed E-state index contributed by atoms with van der Waals surface area (Å²) in [7, 11) is 0. The summed E-state index contributed by atoms with van der Waals surface area (Å²) in [5.74, 6) is 2.31. The molecule has 0 aromatic heterocycles. The zero-order valence-corrected chi connectivity index (χ0v) is 8.20. The van der Waals surface area contributed by atoms with Crippen LogP contribution >= 0.6 is 0 Å². The molecule has 4 unspecified atom stereocenters. The molecular weight excluding hydrogens is 162 g/mol. The number of isocyanates is 1. The van der Waals surface area contributed by atoms with Crippen LogP contribution in [0.25, 0.3) is 0 Å². The average molecular weight is 179 g/mol. The summed E-state index contributed by atoms with van der Waals surface area (Å²) in [6, 6.07) is 0.304. The zero-order valence-electron chi connectivity index (χ0n) is 8.20. The van der Waals surface area contributed by atoms with Gasteiger partial charge < -0.3 is 0 Å². The van der Waals surface area contributed by atoms with Crippen molar-refractivity contribution in [2.45, 2.75) is 45.1 Å². The van der Waals surface area contributed by atoms with Gasteiger partial charge in [0.1, 0.15) is 0 Å². The summed E-state index contributed by atoms with van der Waals surface area (Å²) in [4.78, 5) is 14.2. The van der Waals surface area contributed by atoms with Crippen LogP contribution in [0, 0.1) is 17.8 Å². The minimum Gasteiger partial charge on any atom is -0.211 e. The van der Waals surface area contributed by atoms with Gasteiger partial charge in [0.2, 0.25) is 6.08 Å². The molecule has 0 aromatic rings. The molecule has 4 atom stereocenters. The lowest BCUT2D eigenvalue weighted by molar-refractivity contribution is 0.183. The standard InChI is InChI=1S/C11H17NO/c1-8-3-2-4-9-5-6-10(11(8)9)12-7-13/h8-11H,2-6H2,1H3. The summed E-state index contributed by atoms with van der Waals surface area (Å²) in [5.41, 5.74) is 0. The van der Waals surface area contributed by atoms with E-state index in [0.717, 1.165) is 18.3 Å². The van der Waals surface area contributed by atoms with Crippen molar-refractivity contribution in [2.75, 3.05) is 0 Å². The smallest absolute Gasteiger partial charge is 0.211 e. The van der Waals surface area contributed by atoms with Gasteiger partial charge >= 0.3 is 0 Å². The Hall–Kier alpha value is -0.620. The molecule has 0 heterocycles. The van der Waals surface area contributed by atoms with E-state index < -0.39 is 0 Å². The van der Waals surface area contributed by atoms with E-state index in [-0.39, 0.29) is 0 Å². The molecule has 0 spiro atoms. The van der Waals surface area contributed by atoms with Gasteiger partial charge in [-0.05, 0) is 30.6 Å². The highest BCUT2D eigenvalue weighted by atomic mass is 16.1. The van der Waals surface area contributed by atoms with Gasteiger partial charge in [-0.25, -0.2) is 9.79 Å². The second kappa shape index (κ2) is 3.63. The van der Waals surface area contributed by atoms with E-state index in [9.17, 15) is 4.79 Å². The van der Waals surface area contributed by atoms with E-state index in [1.165, 1.54) is 25.7 Å². The van der Waals surface area contributed by atoms with E-state index in [2.05, 4.69) is 11.9 Å². The molecule has 2 aliphatic rings. The van der Waals surface area contributed by atoms with Gasteiger partial charge in [-0.3, -0.25) is 0 Å². The van der Waals surface area contributed by atoms with Crippen LogP contribution in [0.2, 0.25) is 0 Å². The van der Waals surface area contributed by atoms with Gasteiger partial charge in [0.05, 0.1) is 6.04 Å². The van der Waals surface area contributed by atoms with Gasteiger partial charge in [-0.15, -0.1) is 0 Å². The number of carbonyl (C=O) groups excluding carboxylic acids is 1. The molecule has 13 heavy (non-hydrogen) atoms. The largest absolute Gasteiger partial charge is 0.235 e. The van der Waals surface area contributed by atoms with Crippen molar-refractivity contribution in [1.82, 2.24) is 0 Å². The number of hydrogen-bond acceptors (Lipinski definition) is 2. The van der Waals surface area contributed by atoms with Gasteiger partial charge in [0.15, 0.2) is 0 Å². The first kappa shape index (κ1) is 8.96. The van der Waals surface area contributed by atoms with E-state index in [4.69, 9.17) is 0 Å². The van der Waals surface area contributed by atoms with Crippen molar-refractivity contribution >= 4 is 6.08 Å². The van der Waals surface area contributed by atoms with Crippen molar-refractivity contribution in [3.8, 4) is 0 Å². The predicted octanol–water partition coefficient (Wildman–Crippen LogP) is 2.54. The molecule has 0 N–H and O–H groups in total. The highest BCUT2D eigenvalue weighted by Crippen LogP contribution is 2.46. The Labute approximate surface area is 79.4 Å². The Morgan fingerprint density at radius 2 is 2.08 bits per heavy atom. The molecule has 0 radical (unpaired) electrons. The lowest BCUT2D eigenvalue weighted by Crippen LogP contribution is -2.28. The predicted molar refractivity (Wildman–Crippen MR) is 51.1 cm³/mol. The third kappa shape index (κ3) is 1.55. The Balaban J connectivity index is 2.12. The Bertz CT molecular complexity index is 232. The second-order valence-electron chi connectivity index (χ2n) is 4.61. The second-order valence-corrected chi connectivity index (χ2v) is 4.61. The van der Waals surface area contributed by atoms with Gasteiger partial charge in [0.25, 0.3) is 0 Å². The van der Waals surface area contributed by atoms with Crippen molar-refractivity contribution in [2.24, 2.45) is 22.7 Å². The van der Waals surface area contributed by atoms with Crippen LogP contribution in [-0.2, 0) is 4.79 Å². The third-order valence-corrected chi connectivity index (χ3v) is 3.93. The van der Waals surface area contributed by atoms with Crippen LogP contribution in [0.1, 0.15) is 39.0 Å². The molecule has 2 saturated carbocycles. The fourth-order valence-corrected chi connectivity index (χ4v) is 3.38. The van der Waals surface area contributed by atoms with Crippen LogP contribution < -0.4 is 0 Å². The van der Waals surface area contributed by atoms with Gasteiger partial charge in [0, 0.05) is 0 Å². The molecule has 0 aliphatic heterocycles. The number of aliphatic imine (C=N–C) groups is 1. The summed E-state index contributed by atoms with van der Waals surface area (Å²) in [5, 5.41) is 0. The quantitative estimate of drug-likeness (QED) is 0.449. The minimum atomic E-state index is 0.304. The van der Waals surface area contributed by atoms with Crippen LogP contribution in [-0.4, -0.2) is 12.1 Å². The Morgan fingerprint density at radius 3 is 2.85 bits per heavy atom. The maximum atomic E-state index is 10.3. The molecule has 0 aromatic carbocycles. The topological polar surface area (TPSA) is 29.4 Å². The normalized spacial score (nSPS) is 43.8. The molecule has 0 saturated heterocycles. The molecule has 2 fully saturated rings. The van der Waals surface area contributed by atoms with Crippen LogP contribution in [0.3, 0.4) is 0 Å². The first-order chi connectivity index (χ1) is 6.33. The van der Waals surface area contributed by atoms with Crippen LogP contribution in [0.4, 0.5) is 0 Å². The van der Waals surface area contributed by atoms with Gasteiger partial charge in [-0.1, -0.05) is 26.2 Å². The van der Waals surface area contributed by atoms with Crippen molar-refractivity contribution < 1.29 is 4.79 Å². The van der Waals surface area contributed by atoms with E-state index in [0.29, 0.717) is 12.0 Å². The van der Waals surface area contributed by atoms with Crippen molar-refractivity contribution in [1.29, 1.82) is 0 Å². The SMILES string of the molecule is CC1CCCC2CCC(N=C=O)C12. The van der Waals surface area contributed by atoms with E-state index in [1.54, 1.807) is 6.08 Å². The molecule has 0 bridgehead atoms. The van der Waals surface area contributed by atoms with Crippen molar-refractivity contribution in [3.63, 3.8) is 0 Å². The fraction of sp³-hybridized carbons (Fsp3) is 0.909. The number of nitrogens with zero attached hydrogens (tertiary/aromatic N) is 1. The Morgan fingerprint density at radius 1 is 1.23 bits per heavy atom. The molecule has 2 nitrogen and oxygen atoms in total. The first-order valence-electron chi connectivity index (χ1n) is 5.40. The summed E-state index contributed by atoms with van der Waals surface area (Å²) >= 11 is 0. The highest BCUT2D eigenvalue weighted by Gasteiger charge is 2.41. The number of fused-ring (bicyclic) bond motifs is 1. The lowest BCUT2D eigenvalue weighted by atomic mass is 9.73. The molecular formula is C11H17NO. The monoisotopic (exact) mass is 179 g/mol. The molecule has 2 aliphatic carbocycles. The lowest BCUT2D eigenvalue weighted by Gasteiger charge is -2.33.